The number of likely N-dealkylation sites (N-methyl/N-ethyl adjacent to an activating group) is 1. The van der Waals surface area contributed by atoms with E-state index < -0.39 is 41.0 Å². The van der Waals surface area contributed by atoms with Crippen LogP contribution in [-0.2, 0) is 18.0 Å². The van der Waals surface area contributed by atoms with Gasteiger partial charge in [-0.3, -0.25) is 9.59 Å². The second-order valence-electron chi connectivity index (χ2n) is 6.41. The van der Waals surface area contributed by atoms with Gasteiger partial charge >= 0.3 is 6.18 Å². The molecule has 1 saturated heterocycles. The predicted molar refractivity (Wildman–Crippen MR) is 89.7 cm³/mol. The summed E-state index contributed by atoms with van der Waals surface area (Å²) in [6.07, 6.45) is -2.59. The Morgan fingerprint density at radius 1 is 1.22 bits per heavy atom. The molecule has 1 atom stereocenters. The molecular formula is C18H17F4N3O2. The van der Waals surface area contributed by atoms with Gasteiger partial charge in [-0.2, -0.15) is 13.2 Å². The lowest BCUT2D eigenvalue weighted by molar-refractivity contribution is -0.138. The van der Waals surface area contributed by atoms with Gasteiger partial charge in [-0.1, -0.05) is 12.1 Å². The van der Waals surface area contributed by atoms with Crippen molar-refractivity contribution in [2.24, 2.45) is 7.05 Å². The number of rotatable bonds is 3. The lowest BCUT2D eigenvalue weighted by Gasteiger charge is -2.24. The maximum absolute atomic E-state index is 14.0. The highest BCUT2D eigenvalue weighted by Gasteiger charge is 2.41. The summed E-state index contributed by atoms with van der Waals surface area (Å²) < 4.78 is 54.6. The summed E-state index contributed by atoms with van der Waals surface area (Å²) in [5.41, 5.74) is -1.50. The fourth-order valence-corrected chi connectivity index (χ4v) is 3.25. The summed E-state index contributed by atoms with van der Waals surface area (Å²) >= 11 is 0. The molecular weight excluding hydrogens is 366 g/mol. The molecule has 2 heterocycles. The molecule has 0 unspecified atom stereocenters. The fourth-order valence-electron chi connectivity index (χ4n) is 3.25. The number of nitrogens with zero attached hydrogens (tertiary/aromatic N) is 3. The van der Waals surface area contributed by atoms with E-state index in [1.807, 2.05) is 0 Å². The van der Waals surface area contributed by atoms with Crippen molar-refractivity contribution in [1.82, 2.24) is 9.47 Å². The van der Waals surface area contributed by atoms with E-state index in [4.69, 9.17) is 0 Å². The van der Waals surface area contributed by atoms with Gasteiger partial charge in [0.05, 0.1) is 16.8 Å². The number of carbonyl (C=O) groups is 2. The maximum Gasteiger partial charge on any atom is 0.418 e. The summed E-state index contributed by atoms with van der Waals surface area (Å²) in [7, 11) is 2.66. The molecule has 5 nitrogen and oxygen atoms in total. The van der Waals surface area contributed by atoms with Crippen molar-refractivity contribution in [3.63, 3.8) is 0 Å². The monoisotopic (exact) mass is 383 g/mol. The van der Waals surface area contributed by atoms with Crippen LogP contribution in [0.5, 0.6) is 0 Å². The Morgan fingerprint density at radius 2 is 1.89 bits per heavy atom. The van der Waals surface area contributed by atoms with Crippen LogP contribution in [0.2, 0.25) is 0 Å². The highest BCUT2D eigenvalue weighted by Crippen LogP contribution is 2.34. The quantitative estimate of drug-likeness (QED) is 0.765. The summed E-state index contributed by atoms with van der Waals surface area (Å²) in [6.45, 7) is 0.170. The molecule has 1 fully saturated rings. The van der Waals surface area contributed by atoms with E-state index in [0.29, 0.717) is 0 Å². The molecule has 0 spiro atoms. The van der Waals surface area contributed by atoms with E-state index in [1.165, 1.54) is 37.2 Å². The van der Waals surface area contributed by atoms with E-state index in [1.54, 1.807) is 6.07 Å². The van der Waals surface area contributed by atoms with Gasteiger partial charge in [-0.25, -0.2) is 4.39 Å². The highest BCUT2D eigenvalue weighted by atomic mass is 19.4. The first kappa shape index (κ1) is 18.9. The van der Waals surface area contributed by atoms with Gasteiger partial charge < -0.3 is 14.4 Å². The van der Waals surface area contributed by atoms with Crippen molar-refractivity contribution in [3.05, 3.63) is 53.6 Å². The molecule has 1 aliphatic rings. The number of hydrogen-bond acceptors (Lipinski definition) is 2. The van der Waals surface area contributed by atoms with Gasteiger partial charge in [-0.15, -0.1) is 0 Å². The predicted octanol–water partition coefficient (Wildman–Crippen LogP) is 3.06. The summed E-state index contributed by atoms with van der Waals surface area (Å²) in [6, 6.07) is 4.76. The molecule has 0 N–H and O–H groups in total. The Balaban J connectivity index is 1.85. The average molecular weight is 383 g/mol. The highest BCUT2D eigenvalue weighted by molar-refractivity contribution is 6.04. The fraction of sp³-hybridized carbons (Fsp3) is 0.333. The summed E-state index contributed by atoms with van der Waals surface area (Å²) in [4.78, 5) is 27.5. The van der Waals surface area contributed by atoms with Gasteiger partial charge in [0.2, 0.25) is 5.91 Å². The Kier molecular flexibility index (Phi) is 4.71. The van der Waals surface area contributed by atoms with Crippen molar-refractivity contribution < 1.29 is 27.2 Å². The molecule has 1 aromatic heterocycles. The summed E-state index contributed by atoms with van der Waals surface area (Å²) in [5, 5.41) is 0. The van der Waals surface area contributed by atoms with Gasteiger partial charge in [0.25, 0.3) is 5.91 Å². The first-order chi connectivity index (χ1) is 12.6. The third-order valence-corrected chi connectivity index (χ3v) is 4.60. The molecule has 2 amide bonds. The SMILES string of the molecule is CN(C(=O)c1cn(C)cc1C(F)(F)F)[C@@H]1CCN(c2ccccc2F)C1=O. The Hall–Kier alpha value is -2.84. The van der Waals surface area contributed by atoms with E-state index >= 15 is 0 Å². The van der Waals surface area contributed by atoms with Crippen LogP contribution >= 0.6 is 0 Å². The van der Waals surface area contributed by atoms with Crippen molar-refractivity contribution in [2.75, 3.05) is 18.5 Å². The zero-order valence-corrected chi connectivity index (χ0v) is 14.6. The number of halogens is 4. The van der Waals surface area contributed by atoms with Crippen molar-refractivity contribution >= 4 is 17.5 Å². The van der Waals surface area contributed by atoms with Crippen LogP contribution in [0.25, 0.3) is 0 Å². The Morgan fingerprint density at radius 3 is 2.52 bits per heavy atom. The lowest BCUT2D eigenvalue weighted by Crippen LogP contribution is -2.43. The first-order valence-electron chi connectivity index (χ1n) is 8.17. The molecule has 1 aliphatic heterocycles. The number of aromatic nitrogens is 1. The van der Waals surface area contributed by atoms with Crippen LogP contribution in [0.4, 0.5) is 23.2 Å². The number of amides is 2. The van der Waals surface area contributed by atoms with Gasteiger partial charge in [0.1, 0.15) is 11.9 Å². The zero-order valence-electron chi connectivity index (χ0n) is 14.6. The second-order valence-corrected chi connectivity index (χ2v) is 6.41. The van der Waals surface area contributed by atoms with E-state index in [2.05, 4.69) is 0 Å². The molecule has 0 saturated carbocycles. The normalized spacial score (nSPS) is 17.5. The van der Waals surface area contributed by atoms with Crippen LogP contribution < -0.4 is 4.90 Å². The maximum atomic E-state index is 14.0. The third-order valence-electron chi connectivity index (χ3n) is 4.60. The molecule has 27 heavy (non-hydrogen) atoms. The number of aryl methyl sites for hydroxylation is 1. The molecule has 3 rings (SSSR count). The lowest BCUT2D eigenvalue weighted by atomic mass is 10.1. The van der Waals surface area contributed by atoms with Crippen molar-refractivity contribution in [2.45, 2.75) is 18.6 Å². The molecule has 2 aromatic rings. The van der Waals surface area contributed by atoms with Crippen LogP contribution in [0, 0.1) is 5.82 Å². The molecule has 0 radical (unpaired) electrons. The molecule has 0 bridgehead atoms. The van der Waals surface area contributed by atoms with Crippen molar-refractivity contribution in [3.8, 4) is 0 Å². The average Bonchev–Trinajstić information content (AvgIpc) is 3.17. The van der Waals surface area contributed by atoms with Gasteiger partial charge in [0, 0.05) is 33.0 Å². The summed E-state index contributed by atoms with van der Waals surface area (Å²) in [5.74, 6) is -2.01. The Labute approximate surface area is 152 Å². The van der Waals surface area contributed by atoms with E-state index in [-0.39, 0.29) is 18.7 Å². The molecule has 1 aromatic carbocycles. The van der Waals surface area contributed by atoms with Crippen LogP contribution in [0.3, 0.4) is 0 Å². The van der Waals surface area contributed by atoms with E-state index in [9.17, 15) is 27.2 Å². The smallest absolute Gasteiger partial charge is 0.356 e. The van der Waals surface area contributed by atoms with E-state index in [0.717, 1.165) is 21.9 Å². The number of hydrogen-bond donors (Lipinski definition) is 0. The number of anilines is 1. The van der Waals surface area contributed by atoms with Crippen LogP contribution in [0.1, 0.15) is 22.3 Å². The Bertz CT molecular complexity index is 891. The van der Waals surface area contributed by atoms with Crippen molar-refractivity contribution in [1.29, 1.82) is 0 Å². The minimum absolute atomic E-state index is 0.0848. The number of carbonyl (C=O) groups excluding carboxylic acids is 2. The topological polar surface area (TPSA) is 45.6 Å². The van der Waals surface area contributed by atoms with Gasteiger partial charge in [-0.05, 0) is 18.6 Å². The first-order valence-corrected chi connectivity index (χ1v) is 8.17. The molecule has 144 valence electrons. The number of para-hydroxylation sites is 1. The van der Waals surface area contributed by atoms with Crippen LogP contribution in [0.15, 0.2) is 36.7 Å². The minimum atomic E-state index is -4.69. The molecule has 9 heteroatoms. The van der Waals surface area contributed by atoms with Gasteiger partial charge in [0.15, 0.2) is 0 Å². The third kappa shape index (κ3) is 3.41. The van der Waals surface area contributed by atoms with Crippen LogP contribution in [-0.4, -0.2) is 40.9 Å². The second kappa shape index (κ2) is 6.71. The standard InChI is InChI=1S/C18H17F4N3O2/c1-23-9-11(12(10-23)18(20,21)22)16(26)24(2)15-7-8-25(17(15)27)14-6-4-3-5-13(14)19/h3-6,9-10,15H,7-8H2,1-2H3/t15-/m1/s1. The number of alkyl halides is 3. The largest absolute Gasteiger partial charge is 0.418 e. The number of benzene rings is 1. The zero-order chi connectivity index (χ0) is 19.9. The minimum Gasteiger partial charge on any atom is -0.356 e. The molecule has 0 aliphatic carbocycles.